The Morgan fingerprint density at radius 1 is 0.576 bits per heavy atom. The molecule has 0 amide bonds. The Morgan fingerprint density at radius 3 is 1.69 bits per heavy atom. The Labute approximate surface area is 343 Å². The topological polar surface area (TPSA) is 239 Å². The third kappa shape index (κ3) is 8.85. The number of fused-ring (bicyclic) bond motifs is 2. The summed E-state index contributed by atoms with van der Waals surface area (Å²) in [4.78, 5) is 3.84. The summed E-state index contributed by atoms with van der Waals surface area (Å²) < 4.78 is 133. The lowest BCUT2D eigenvalue weighted by Crippen LogP contribution is -2.13. The number of hydrogen-bond donors (Lipinski definition) is 5. The van der Waals surface area contributed by atoms with Crippen molar-refractivity contribution in [3.05, 3.63) is 105 Å². The van der Waals surface area contributed by atoms with Crippen LogP contribution in [0.25, 0.3) is 33.4 Å². The highest BCUT2D eigenvalue weighted by molar-refractivity contribution is 7.92. The smallest absolute Gasteiger partial charge is 0.296 e. The SMILES string of the molecule is Cc1cc(C)c(NS(C)(=O)=O)c(C)c1N=c1cc2oc3cc(Nc4c(C)cc(C)c(NS(C)(=O)=O)c4C)c(S(=O)(=O)O)cc3c(-c3ccccc3S(=O)(=O)O)c-2cc1C. The van der Waals surface area contributed by atoms with Gasteiger partial charge in [-0.15, -0.1) is 0 Å². The molecule has 0 unspecified atom stereocenters. The summed E-state index contributed by atoms with van der Waals surface area (Å²) in [6.07, 6.45) is 2.05. The van der Waals surface area contributed by atoms with Crippen LogP contribution < -0.4 is 20.1 Å². The van der Waals surface area contributed by atoms with Gasteiger partial charge in [0.1, 0.15) is 21.1 Å². The van der Waals surface area contributed by atoms with Crippen LogP contribution in [-0.4, -0.2) is 55.3 Å². The maximum Gasteiger partial charge on any atom is 0.296 e. The van der Waals surface area contributed by atoms with Crippen LogP contribution in [0, 0.1) is 48.5 Å². The van der Waals surface area contributed by atoms with Crippen molar-refractivity contribution in [2.24, 2.45) is 4.99 Å². The minimum atomic E-state index is -5.03. The second kappa shape index (κ2) is 15.1. The van der Waals surface area contributed by atoms with E-state index in [1.165, 1.54) is 30.3 Å². The summed E-state index contributed by atoms with van der Waals surface area (Å²) in [5.41, 5.74) is 5.95. The summed E-state index contributed by atoms with van der Waals surface area (Å²) in [5.74, 6) is 0.159. The van der Waals surface area contributed by atoms with Crippen LogP contribution in [-0.2, 0) is 40.3 Å². The summed E-state index contributed by atoms with van der Waals surface area (Å²) in [7, 11) is -17.2. The van der Waals surface area contributed by atoms with E-state index in [1.807, 2.05) is 6.92 Å². The molecular formula is C40H42N4O11S4. The summed E-state index contributed by atoms with van der Waals surface area (Å²) in [5, 5.41) is 3.51. The van der Waals surface area contributed by atoms with E-state index in [4.69, 9.17) is 9.41 Å². The molecule has 312 valence electrons. The van der Waals surface area contributed by atoms with E-state index in [9.17, 15) is 42.8 Å². The zero-order valence-electron chi connectivity index (χ0n) is 33.4. The maximum absolute atomic E-state index is 13.2. The van der Waals surface area contributed by atoms with Crippen molar-refractivity contribution in [2.75, 3.05) is 27.3 Å². The zero-order chi connectivity index (χ0) is 43.7. The van der Waals surface area contributed by atoms with Crippen molar-refractivity contribution >= 4 is 79.7 Å². The van der Waals surface area contributed by atoms with Crippen LogP contribution in [0.1, 0.15) is 38.9 Å². The number of anilines is 4. The van der Waals surface area contributed by atoms with Gasteiger partial charge in [0.15, 0.2) is 0 Å². The average Bonchev–Trinajstić information content (AvgIpc) is 3.09. The molecular weight excluding hydrogens is 841 g/mol. The van der Waals surface area contributed by atoms with Gasteiger partial charge in [-0.2, -0.15) is 16.8 Å². The Hall–Kier alpha value is -5.31. The largest absolute Gasteiger partial charge is 0.456 e. The van der Waals surface area contributed by atoms with Gasteiger partial charge in [0.2, 0.25) is 20.0 Å². The highest BCUT2D eigenvalue weighted by atomic mass is 32.2. The van der Waals surface area contributed by atoms with Crippen LogP contribution in [0.4, 0.5) is 28.4 Å². The Bertz CT molecular complexity index is 3270. The first-order valence-electron chi connectivity index (χ1n) is 17.7. The fourth-order valence-electron chi connectivity index (χ4n) is 7.35. The third-order valence-corrected chi connectivity index (χ3v) is 12.8. The second-order valence-corrected chi connectivity index (χ2v) is 20.9. The Balaban J connectivity index is 1.73. The number of hydrogen-bond acceptors (Lipinski definition) is 11. The van der Waals surface area contributed by atoms with Crippen LogP contribution in [0.3, 0.4) is 0 Å². The predicted molar refractivity (Wildman–Crippen MR) is 229 cm³/mol. The molecule has 0 radical (unpaired) electrons. The first-order chi connectivity index (χ1) is 27.1. The van der Waals surface area contributed by atoms with Crippen molar-refractivity contribution in [1.82, 2.24) is 0 Å². The molecule has 0 atom stereocenters. The molecule has 4 aromatic rings. The van der Waals surface area contributed by atoms with E-state index in [0.29, 0.717) is 61.4 Å². The molecule has 0 saturated carbocycles. The van der Waals surface area contributed by atoms with Crippen molar-refractivity contribution in [2.45, 2.75) is 58.3 Å². The molecule has 0 fully saturated rings. The average molecular weight is 883 g/mol. The standard InChI is InChI=1S/C40H42N4O11S4/c1-20-16-28-32(18-30(20)41-37-21(2)14-23(4)39(25(37)6)43-56(8,45)46)55-33-19-31(42-38-22(3)15-24(5)40(26(38)7)44-57(9,47)48)35(59(52,53)54)17-29(33)36(28)27-12-10-11-13-34(27)58(49,50)51/h10-19,42-44H,1-9H3,(H,49,50,51)(H,52,53,54). The van der Waals surface area contributed by atoms with Gasteiger partial charge in [0.25, 0.3) is 20.2 Å². The molecule has 6 rings (SSSR count). The predicted octanol–water partition coefficient (Wildman–Crippen LogP) is 7.58. The fraction of sp³-hybridized carbons (Fsp3) is 0.225. The summed E-state index contributed by atoms with van der Waals surface area (Å²) in [6.45, 7) is 12.2. The molecule has 0 aromatic heterocycles. The molecule has 0 saturated heterocycles. The van der Waals surface area contributed by atoms with Crippen molar-refractivity contribution in [1.29, 1.82) is 0 Å². The summed E-state index contributed by atoms with van der Waals surface area (Å²) >= 11 is 0. The highest BCUT2D eigenvalue weighted by Crippen LogP contribution is 2.45. The van der Waals surface area contributed by atoms with Gasteiger partial charge in [-0.25, -0.2) is 21.8 Å². The van der Waals surface area contributed by atoms with Gasteiger partial charge in [-0.1, -0.05) is 30.3 Å². The second-order valence-electron chi connectivity index (χ2n) is 14.6. The molecule has 1 heterocycles. The van der Waals surface area contributed by atoms with Gasteiger partial charge in [-0.3, -0.25) is 18.5 Å². The van der Waals surface area contributed by atoms with Gasteiger partial charge in [0.05, 0.1) is 40.6 Å². The highest BCUT2D eigenvalue weighted by Gasteiger charge is 2.28. The molecule has 1 aliphatic carbocycles. The van der Waals surface area contributed by atoms with Gasteiger partial charge in [0, 0.05) is 39.9 Å². The first-order valence-corrected chi connectivity index (χ1v) is 24.4. The molecule has 59 heavy (non-hydrogen) atoms. The third-order valence-electron chi connectivity index (χ3n) is 9.82. The maximum atomic E-state index is 13.2. The summed E-state index contributed by atoms with van der Waals surface area (Å²) in [6, 6.07) is 14.8. The van der Waals surface area contributed by atoms with E-state index in [-0.39, 0.29) is 39.2 Å². The number of rotatable bonds is 10. The van der Waals surface area contributed by atoms with E-state index in [0.717, 1.165) is 24.1 Å². The van der Waals surface area contributed by atoms with E-state index >= 15 is 0 Å². The van der Waals surface area contributed by atoms with Crippen molar-refractivity contribution in [3.8, 4) is 22.5 Å². The zero-order valence-corrected chi connectivity index (χ0v) is 36.7. The molecule has 2 aliphatic rings. The molecule has 15 nitrogen and oxygen atoms in total. The number of nitrogens with zero attached hydrogens (tertiary/aromatic N) is 1. The molecule has 0 bridgehead atoms. The monoisotopic (exact) mass is 882 g/mol. The van der Waals surface area contributed by atoms with Crippen LogP contribution in [0.5, 0.6) is 0 Å². The fourth-order valence-corrected chi connectivity index (χ4v) is 10.1. The quantitative estimate of drug-likeness (QED) is 0.0661. The lowest BCUT2D eigenvalue weighted by atomic mass is 9.92. The molecule has 5 N–H and O–H groups in total. The van der Waals surface area contributed by atoms with Crippen LogP contribution in [0.15, 0.2) is 79.9 Å². The van der Waals surface area contributed by atoms with Gasteiger partial charge < -0.3 is 9.73 Å². The number of aryl methyl sites for hydroxylation is 5. The lowest BCUT2D eigenvalue weighted by molar-refractivity contribution is 0.481. The van der Waals surface area contributed by atoms with E-state index in [1.54, 1.807) is 65.8 Å². The van der Waals surface area contributed by atoms with Crippen LogP contribution >= 0.6 is 0 Å². The molecule has 4 aromatic carbocycles. The number of sulfonamides is 2. The normalized spacial score (nSPS) is 13.0. The molecule has 1 aliphatic heterocycles. The van der Waals surface area contributed by atoms with Gasteiger partial charge >= 0.3 is 0 Å². The van der Waals surface area contributed by atoms with Crippen molar-refractivity contribution < 1.29 is 47.2 Å². The number of benzene rings is 5. The first kappa shape index (κ1) is 43.3. The van der Waals surface area contributed by atoms with Crippen LogP contribution in [0.2, 0.25) is 0 Å². The lowest BCUT2D eigenvalue weighted by Gasteiger charge is -2.22. The Kier molecular flexibility index (Phi) is 11.0. The van der Waals surface area contributed by atoms with E-state index < -0.39 is 50.1 Å². The molecule has 19 heteroatoms. The van der Waals surface area contributed by atoms with Gasteiger partial charge in [-0.05, 0) is 106 Å². The Morgan fingerprint density at radius 2 is 1.12 bits per heavy atom. The number of nitrogens with one attached hydrogen (secondary N) is 3. The molecule has 0 spiro atoms. The minimum Gasteiger partial charge on any atom is -0.456 e. The van der Waals surface area contributed by atoms with E-state index in [2.05, 4.69) is 14.8 Å². The van der Waals surface area contributed by atoms with Crippen molar-refractivity contribution in [3.63, 3.8) is 0 Å². The minimum absolute atomic E-state index is 0.00434.